The minimum atomic E-state index is -10.7. The largest absolute Gasteiger partial charge is 0 e. The van der Waals surface area contributed by atoms with Gasteiger partial charge in [-0.05, 0) is 61.6 Å². The number of carbonyl (C=O) groups excluding carboxylic acids is 2. The fourth-order valence-corrected chi connectivity index (χ4v) is 10.7. The summed E-state index contributed by atoms with van der Waals surface area (Å²) in [5.74, 6) is 0.333. The van der Waals surface area contributed by atoms with E-state index in [2.05, 4.69) is 83.1 Å². The summed E-state index contributed by atoms with van der Waals surface area (Å²) in [5, 5.41) is 0. The molecule has 0 fully saturated rings. The van der Waals surface area contributed by atoms with Crippen LogP contribution < -0.4 is 0 Å². The van der Waals surface area contributed by atoms with E-state index in [0.717, 1.165) is 34.0 Å². The standard InChI is InChI=1S/2C9H21P.2C3H6O.F6P.Rh/c2*1-7(2)10(8(3)4)9(5)6;2*1-3(2)4;1-7(2,3,4,5)6;/h2*7-9H,1-6H3;2*1-2H3;;/q;;;;-1;. The first kappa shape index (κ1) is 49.7. The maximum absolute atomic E-state index is 10.7. The van der Waals surface area contributed by atoms with Gasteiger partial charge in [-0.15, -0.1) is 0 Å². The Hall–Kier alpha value is 0.833. The van der Waals surface area contributed by atoms with Crippen molar-refractivity contribution in [1.29, 1.82) is 0 Å². The first-order valence-electron chi connectivity index (χ1n) is 11.9. The maximum Gasteiger partial charge on any atom is 0 e. The quantitative estimate of drug-likeness (QED) is 0.159. The first-order chi connectivity index (χ1) is 14.8. The maximum atomic E-state index is 9.87. The fraction of sp³-hybridized carbons (Fsp3) is 0.917. The fourth-order valence-electron chi connectivity index (χ4n) is 3.58. The molecule has 0 N–H and O–H groups in total. The summed E-state index contributed by atoms with van der Waals surface area (Å²) < 4.78 is 59.2. The van der Waals surface area contributed by atoms with Crippen LogP contribution in [0.1, 0.15) is 111 Å². The molecule has 0 spiro atoms. The molecule has 0 aromatic rings. The van der Waals surface area contributed by atoms with Crippen molar-refractivity contribution in [3.05, 3.63) is 0 Å². The summed E-state index contributed by atoms with van der Waals surface area (Å²) in [5.41, 5.74) is 5.39. The van der Waals surface area contributed by atoms with E-state index >= 15 is 0 Å². The van der Waals surface area contributed by atoms with Crippen LogP contribution in [0.4, 0.5) is 25.2 Å². The second-order valence-electron chi connectivity index (χ2n) is 10.2. The molecule has 0 amide bonds. The zero-order valence-electron chi connectivity index (χ0n) is 25.2. The van der Waals surface area contributed by atoms with Crippen LogP contribution in [0.2, 0.25) is 0 Å². The van der Waals surface area contributed by atoms with Crippen LogP contribution in [0.15, 0.2) is 0 Å². The molecule has 12 heteroatoms. The van der Waals surface area contributed by atoms with Crippen molar-refractivity contribution in [2.45, 2.75) is 145 Å². The van der Waals surface area contributed by atoms with Gasteiger partial charge in [-0.2, -0.15) is 0 Å². The molecule has 0 aliphatic rings. The summed E-state index contributed by atoms with van der Waals surface area (Å²) >= 11 is 0. The van der Waals surface area contributed by atoms with E-state index in [1.54, 1.807) is 0 Å². The summed E-state index contributed by atoms with van der Waals surface area (Å²) in [6, 6.07) is 0. The van der Waals surface area contributed by atoms with Crippen LogP contribution >= 0.6 is 23.7 Å². The zero-order chi connectivity index (χ0) is 30.2. The number of halogens is 6. The number of hydrogen-bond donors (Lipinski definition) is 0. The van der Waals surface area contributed by atoms with Crippen LogP contribution in [0.25, 0.3) is 0 Å². The monoisotopic (exact) mass is 684 g/mol. The Morgan fingerprint density at radius 3 is 0.500 bits per heavy atom. The van der Waals surface area contributed by atoms with Gasteiger partial charge in [0.1, 0.15) is 11.6 Å². The first-order valence-corrected chi connectivity index (χ1v) is 17.0. The number of Topliss-reactive ketones (excluding diaryl/α,β-unsaturated/α-hetero) is 2. The Bertz CT molecular complexity index is 472. The van der Waals surface area contributed by atoms with E-state index in [1.165, 1.54) is 27.7 Å². The van der Waals surface area contributed by atoms with Crippen LogP contribution in [0, 0.1) is 0 Å². The smallest absolute Gasteiger partial charge is 0 e. The predicted molar refractivity (Wildman–Crippen MR) is 151 cm³/mol. The van der Waals surface area contributed by atoms with E-state index in [-0.39, 0.29) is 46.9 Å². The van der Waals surface area contributed by atoms with Crippen LogP contribution in [-0.4, -0.2) is 45.5 Å². The molecule has 0 saturated heterocycles. The van der Waals surface area contributed by atoms with Crippen molar-refractivity contribution in [3.8, 4) is 0 Å². The van der Waals surface area contributed by atoms with Crippen molar-refractivity contribution in [1.82, 2.24) is 0 Å². The van der Waals surface area contributed by atoms with Gasteiger partial charge in [0.05, 0.1) is 0 Å². The van der Waals surface area contributed by atoms with Crippen molar-refractivity contribution < 1.29 is 54.2 Å². The molecule has 0 aliphatic heterocycles. The van der Waals surface area contributed by atoms with Gasteiger partial charge in [0.15, 0.2) is 0 Å². The van der Waals surface area contributed by atoms with E-state index in [1.807, 2.05) is 0 Å². The topological polar surface area (TPSA) is 34.1 Å². The average molecular weight is 685 g/mol. The molecule has 0 unspecified atom stereocenters. The zero-order valence-corrected chi connectivity index (χ0v) is 29.5. The Labute approximate surface area is 233 Å². The van der Waals surface area contributed by atoms with Gasteiger partial charge in [0.25, 0.3) is 0 Å². The molecule has 0 aromatic heterocycles. The van der Waals surface area contributed by atoms with E-state index in [9.17, 15) is 34.8 Å². The Morgan fingerprint density at radius 1 is 0.444 bits per heavy atom. The third-order valence-corrected chi connectivity index (χ3v) is 10.7. The number of hydrogen-bond acceptors (Lipinski definition) is 2. The molecule has 0 saturated carbocycles. The van der Waals surface area contributed by atoms with E-state index < -0.39 is 7.81 Å². The molecular weight excluding hydrogens is 630 g/mol. The Kier molecular flexibility index (Phi) is 28.6. The van der Waals surface area contributed by atoms with Crippen molar-refractivity contribution in [3.63, 3.8) is 0 Å². The van der Waals surface area contributed by atoms with Crippen LogP contribution in [-0.2, 0) is 29.1 Å². The molecule has 36 heavy (non-hydrogen) atoms. The van der Waals surface area contributed by atoms with E-state index in [0.29, 0.717) is 0 Å². The molecular formula is C24H54F6O2P3Rh-. The van der Waals surface area contributed by atoms with Gasteiger partial charge in [0.2, 0.25) is 0 Å². The molecule has 0 aliphatic carbocycles. The number of ketones is 2. The van der Waals surface area contributed by atoms with Gasteiger partial charge >= 0.3 is 33.0 Å². The molecule has 0 rings (SSSR count). The Balaban J connectivity index is -0.0000000815. The van der Waals surface area contributed by atoms with E-state index in [4.69, 9.17) is 0 Å². The average Bonchev–Trinajstić information content (AvgIpc) is 2.39. The third kappa shape index (κ3) is 64.7. The number of carbonyl (C=O) groups is 2. The summed E-state index contributed by atoms with van der Waals surface area (Å²) in [6.45, 7) is 34.3. The van der Waals surface area contributed by atoms with Gasteiger partial charge in [0, 0.05) is 19.5 Å². The summed E-state index contributed by atoms with van der Waals surface area (Å²) in [7, 11) is -10.1. The summed E-state index contributed by atoms with van der Waals surface area (Å²) in [6.07, 6.45) is 0. The molecule has 0 heterocycles. The summed E-state index contributed by atoms with van der Waals surface area (Å²) in [4.78, 5) is 18.9. The second kappa shape index (κ2) is 20.7. The van der Waals surface area contributed by atoms with Gasteiger partial charge in [-0.25, -0.2) is 0 Å². The van der Waals surface area contributed by atoms with Gasteiger partial charge in [-0.3, -0.25) is 0 Å². The molecule has 0 bridgehead atoms. The van der Waals surface area contributed by atoms with Crippen molar-refractivity contribution in [2.75, 3.05) is 0 Å². The molecule has 2 nitrogen and oxygen atoms in total. The van der Waals surface area contributed by atoms with Gasteiger partial charge < -0.3 is 9.59 Å². The van der Waals surface area contributed by atoms with Crippen LogP contribution in [0.3, 0.4) is 0 Å². The molecule has 0 atom stereocenters. The normalized spacial score (nSPS) is 12.9. The van der Waals surface area contributed by atoms with Crippen molar-refractivity contribution in [2.24, 2.45) is 0 Å². The molecule has 229 valence electrons. The minimum absolute atomic E-state index is 0. The SMILES string of the molecule is CC(C)=O.CC(C)=O.CC(C)P(C(C)C)C(C)C.CC(C)P(C(C)C)C(C)C.F[P-](F)(F)(F)(F)F.[Rh]. The van der Waals surface area contributed by atoms with Crippen LogP contribution in [0.5, 0.6) is 0 Å². The predicted octanol–water partition coefficient (Wildman–Crippen LogP) is 12.0. The Morgan fingerprint density at radius 2 is 0.500 bits per heavy atom. The third-order valence-electron chi connectivity index (χ3n) is 3.58. The molecule has 0 aromatic carbocycles. The van der Waals surface area contributed by atoms with Gasteiger partial charge in [-0.1, -0.05) is 98.9 Å². The minimum Gasteiger partial charge on any atom is 0 e. The number of rotatable bonds is 6. The van der Waals surface area contributed by atoms with Crippen molar-refractivity contribution >= 4 is 35.2 Å². The second-order valence-corrected chi connectivity index (χ2v) is 20.1. The molecule has 1 radical (unpaired) electrons.